The highest BCUT2D eigenvalue weighted by Crippen LogP contribution is 2.49. The van der Waals surface area contributed by atoms with Gasteiger partial charge in [0.15, 0.2) is 0 Å². The summed E-state index contributed by atoms with van der Waals surface area (Å²) in [6, 6.07) is 7.12. The van der Waals surface area contributed by atoms with Crippen molar-refractivity contribution in [2.45, 2.75) is 18.4 Å². The first-order valence-corrected chi connectivity index (χ1v) is 7.06. The first-order valence-electron chi connectivity index (χ1n) is 7.06. The molecule has 19 heavy (non-hydrogen) atoms. The monoisotopic (exact) mass is 254 g/mol. The molecule has 0 aromatic heterocycles. The van der Waals surface area contributed by atoms with Crippen LogP contribution in [0.2, 0.25) is 0 Å². The molecule has 1 aromatic rings. The Labute approximate surface area is 113 Å². The van der Waals surface area contributed by atoms with Gasteiger partial charge in [-0.2, -0.15) is 5.26 Å². The molecule has 0 spiro atoms. The normalized spacial score (nSPS) is 27.8. The summed E-state index contributed by atoms with van der Waals surface area (Å²) in [6.07, 6.45) is 1.21. The van der Waals surface area contributed by atoms with E-state index in [4.69, 9.17) is 0 Å². The Hall–Kier alpha value is -1.73. The summed E-state index contributed by atoms with van der Waals surface area (Å²) >= 11 is 0. The Morgan fingerprint density at radius 3 is 3.11 bits per heavy atom. The topological polar surface area (TPSA) is 42.3 Å². The number of rotatable bonds is 0. The third-order valence-corrected chi connectivity index (χ3v) is 4.87. The first kappa shape index (κ1) is 11.1. The first-order chi connectivity index (χ1) is 9.29. The molecule has 0 saturated carbocycles. The van der Waals surface area contributed by atoms with Gasteiger partial charge in [-0.1, -0.05) is 0 Å². The van der Waals surface area contributed by atoms with Crippen LogP contribution in [0.4, 0.5) is 11.4 Å². The molecule has 4 rings (SSSR count). The summed E-state index contributed by atoms with van der Waals surface area (Å²) < 4.78 is 0. The molecule has 1 saturated heterocycles. The Kier molecular flexibility index (Phi) is 2.27. The van der Waals surface area contributed by atoms with Crippen molar-refractivity contribution >= 4 is 11.4 Å². The zero-order valence-electron chi connectivity index (χ0n) is 11.2. The Morgan fingerprint density at radius 2 is 2.26 bits per heavy atom. The molecule has 3 aliphatic rings. The number of hydrogen-bond acceptors (Lipinski definition) is 4. The van der Waals surface area contributed by atoms with Gasteiger partial charge in [0.05, 0.1) is 23.0 Å². The Morgan fingerprint density at radius 1 is 1.37 bits per heavy atom. The summed E-state index contributed by atoms with van der Waals surface area (Å²) in [5.41, 5.74) is 4.83. The van der Waals surface area contributed by atoms with E-state index in [-0.39, 0.29) is 0 Å². The van der Waals surface area contributed by atoms with Crippen LogP contribution in [-0.4, -0.2) is 39.3 Å². The summed E-state index contributed by atoms with van der Waals surface area (Å²) in [5.74, 6) is 0.558. The highest BCUT2D eigenvalue weighted by atomic mass is 15.3. The van der Waals surface area contributed by atoms with Gasteiger partial charge in [0.25, 0.3) is 0 Å². The third-order valence-electron chi connectivity index (χ3n) is 4.87. The van der Waals surface area contributed by atoms with E-state index < -0.39 is 0 Å². The van der Waals surface area contributed by atoms with Gasteiger partial charge in [-0.3, -0.25) is 0 Å². The molecule has 3 aliphatic heterocycles. The minimum atomic E-state index is 0.558. The van der Waals surface area contributed by atoms with Crippen LogP contribution in [0.25, 0.3) is 0 Å². The second kappa shape index (κ2) is 3.88. The van der Waals surface area contributed by atoms with Crippen molar-refractivity contribution in [2.24, 2.45) is 0 Å². The summed E-state index contributed by atoms with van der Waals surface area (Å²) in [7, 11) is 2.13. The highest BCUT2D eigenvalue weighted by molar-refractivity contribution is 5.82. The molecule has 98 valence electrons. The summed E-state index contributed by atoms with van der Waals surface area (Å²) in [5, 5.41) is 12.8. The van der Waals surface area contributed by atoms with Crippen molar-refractivity contribution in [3.05, 3.63) is 23.3 Å². The fraction of sp³-hybridized carbons (Fsp3) is 0.533. The maximum absolute atomic E-state index is 9.26. The molecule has 2 atom stereocenters. The van der Waals surface area contributed by atoms with E-state index in [2.05, 4.69) is 40.4 Å². The Balaban J connectivity index is 1.93. The summed E-state index contributed by atoms with van der Waals surface area (Å²) in [6.45, 7) is 4.33. The van der Waals surface area contributed by atoms with E-state index in [1.807, 2.05) is 0 Å². The minimum absolute atomic E-state index is 0.558. The minimum Gasteiger partial charge on any atom is -0.371 e. The number of fused-ring (bicyclic) bond motifs is 3. The number of hydrogen-bond donors (Lipinski definition) is 1. The third kappa shape index (κ3) is 1.42. The molecule has 1 aromatic carbocycles. The lowest BCUT2D eigenvalue weighted by Crippen LogP contribution is -2.48. The maximum Gasteiger partial charge on any atom is 0.0992 e. The molecule has 0 radical (unpaired) electrons. The molecule has 4 heteroatoms. The smallest absolute Gasteiger partial charge is 0.0992 e. The molecule has 4 nitrogen and oxygen atoms in total. The standard InChI is InChI=1S/C15H18N4/c1-18-4-5-19-13-2-3-17-9-12(13)11-6-10(8-16)7-14(18)15(11)19/h6-7,12-13,17H,2-5,9H2,1H3/t12-,13-/m0/s1. The average Bonchev–Trinajstić information content (AvgIpc) is 2.78. The van der Waals surface area contributed by atoms with Crippen molar-refractivity contribution in [1.29, 1.82) is 5.26 Å². The highest BCUT2D eigenvalue weighted by Gasteiger charge is 2.43. The molecule has 1 fully saturated rings. The van der Waals surface area contributed by atoms with Crippen LogP contribution in [0.15, 0.2) is 12.1 Å². The van der Waals surface area contributed by atoms with Gasteiger partial charge in [-0.05, 0) is 30.7 Å². The molecule has 1 N–H and O–H groups in total. The van der Waals surface area contributed by atoms with E-state index in [0.717, 1.165) is 31.7 Å². The van der Waals surface area contributed by atoms with Gasteiger partial charge in [-0.15, -0.1) is 0 Å². The summed E-state index contributed by atoms with van der Waals surface area (Å²) in [4.78, 5) is 4.89. The van der Waals surface area contributed by atoms with E-state index in [0.29, 0.717) is 12.0 Å². The second-order valence-corrected chi connectivity index (χ2v) is 5.83. The maximum atomic E-state index is 9.26. The predicted octanol–water partition coefficient (Wildman–Crippen LogP) is 1.27. The van der Waals surface area contributed by atoms with Crippen LogP contribution in [-0.2, 0) is 0 Å². The molecule has 0 bridgehead atoms. The van der Waals surface area contributed by atoms with Crippen LogP contribution in [0, 0.1) is 11.3 Å². The van der Waals surface area contributed by atoms with Crippen LogP contribution in [0.3, 0.4) is 0 Å². The van der Waals surface area contributed by atoms with Crippen molar-refractivity contribution in [3.8, 4) is 6.07 Å². The van der Waals surface area contributed by atoms with Crippen molar-refractivity contribution in [1.82, 2.24) is 5.32 Å². The van der Waals surface area contributed by atoms with E-state index in [1.165, 1.54) is 23.4 Å². The van der Waals surface area contributed by atoms with Crippen molar-refractivity contribution in [2.75, 3.05) is 43.0 Å². The molecular formula is C15H18N4. The number of benzene rings is 1. The van der Waals surface area contributed by atoms with E-state index >= 15 is 0 Å². The van der Waals surface area contributed by atoms with Crippen LogP contribution in [0.5, 0.6) is 0 Å². The second-order valence-electron chi connectivity index (χ2n) is 5.83. The molecule has 0 unspecified atom stereocenters. The SMILES string of the molecule is CN1CCN2c3c(cc(C#N)cc31)[C@@H]1CNCC[C@@H]12. The zero-order valence-corrected chi connectivity index (χ0v) is 11.2. The number of piperidine rings is 1. The van der Waals surface area contributed by atoms with E-state index in [1.54, 1.807) is 0 Å². The van der Waals surface area contributed by atoms with Crippen molar-refractivity contribution < 1.29 is 0 Å². The lowest BCUT2D eigenvalue weighted by atomic mass is 9.89. The van der Waals surface area contributed by atoms with Gasteiger partial charge < -0.3 is 15.1 Å². The molecule has 0 amide bonds. The van der Waals surface area contributed by atoms with E-state index in [9.17, 15) is 5.26 Å². The van der Waals surface area contributed by atoms with Gasteiger partial charge in [0.1, 0.15) is 0 Å². The number of likely N-dealkylation sites (N-methyl/N-ethyl adjacent to an activating group) is 1. The van der Waals surface area contributed by atoms with Gasteiger partial charge in [0, 0.05) is 38.6 Å². The predicted molar refractivity (Wildman–Crippen MR) is 75.8 cm³/mol. The van der Waals surface area contributed by atoms with Gasteiger partial charge >= 0.3 is 0 Å². The quantitative estimate of drug-likeness (QED) is 0.757. The van der Waals surface area contributed by atoms with Crippen LogP contribution >= 0.6 is 0 Å². The average molecular weight is 254 g/mol. The number of nitriles is 1. The van der Waals surface area contributed by atoms with Crippen LogP contribution in [0.1, 0.15) is 23.5 Å². The fourth-order valence-corrected chi connectivity index (χ4v) is 3.95. The van der Waals surface area contributed by atoms with Gasteiger partial charge in [0.2, 0.25) is 0 Å². The van der Waals surface area contributed by atoms with Crippen molar-refractivity contribution in [3.63, 3.8) is 0 Å². The van der Waals surface area contributed by atoms with Crippen LogP contribution < -0.4 is 15.1 Å². The molecule has 0 aliphatic carbocycles. The number of nitrogens with zero attached hydrogens (tertiary/aromatic N) is 3. The fourth-order valence-electron chi connectivity index (χ4n) is 3.95. The molecule has 3 heterocycles. The molecular weight excluding hydrogens is 236 g/mol. The van der Waals surface area contributed by atoms with Gasteiger partial charge in [-0.25, -0.2) is 0 Å². The zero-order chi connectivity index (χ0) is 13.0. The Bertz CT molecular complexity index is 574. The lowest BCUT2D eigenvalue weighted by Gasteiger charge is -2.39. The lowest BCUT2D eigenvalue weighted by molar-refractivity contribution is 0.402. The largest absolute Gasteiger partial charge is 0.371 e. The number of nitrogens with one attached hydrogen (secondary N) is 1. The number of anilines is 2.